The van der Waals surface area contributed by atoms with Gasteiger partial charge in [0.1, 0.15) is 6.04 Å². The molecule has 2 fully saturated rings. The van der Waals surface area contributed by atoms with Crippen LogP contribution in [0.1, 0.15) is 69.9 Å². The molecule has 1 aliphatic carbocycles. The van der Waals surface area contributed by atoms with Crippen LogP contribution in [0, 0.1) is 23.7 Å². The van der Waals surface area contributed by atoms with Crippen molar-refractivity contribution >= 4 is 23.5 Å². The highest BCUT2D eigenvalue weighted by Crippen LogP contribution is 2.37. The van der Waals surface area contributed by atoms with Crippen LogP contribution in [0.3, 0.4) is 0 Å². The first kappa shape index (κ1) is 37.2. The van der Waals surface area contributed by atoms with Crippen molar-refractivity contribution in [1.29, 1.82) is 0 Å². The molecule has 0 bridgehead atoms. The van der Waals surface area contributed by atoms with Gasteiger partial charge in [-0.15, -0.1) is 0 Å². The summed E-state index contributed by atoms with van der Waals surface area (Å²) in [6.45, 7) is 5.86. The van der Waals surface area contributed by atoms with Crippen molar-refractivity contribution in [3.05, 3.63) is 71.8 Å². The van der Waals surface area contributed by atoms with E-state index in [-0.39, 0.29) is 42.4 Å². The van der Waals surface area contributed by atoms with Gasteiger partial charge in [-0.3, -0.25) is 19.2 Å². The molecule has 1 heterocycles. The molecule has 1 saturated carbocycles. The van der Waals surface area contributed by atoms with E-state index < -0.39 is 30.0 Å². The number of nitrogens with zero attached hydrogens (tertiary/aromatic N) is 1. The van der Waals surface area contributed by atoms with Crippen LogP contribution in [0.15, 0.2) is 60.7 Å². The van der Waals surface area contributed by atoms with Gasteiger partial charge in [-0.2, -0.15) is 0 Å². The zero-order valence-electron chi connectivity index (χ0n) is 28.7. The Bertz CT molecular complexity index is 1330. The van der Waals surface area contributed by atoms with Gasteiger partial charge in [0, 0.05) is 31.5 Å². The molecule has 6 atom stereocenters. The van der Waals surface area contributed by atoms with Crippen molar-refractivity contribution in [3.63, 3.8) is 0 Å². The number of ketones is 1. The maximum atomic E-state index is 14.0. The van der Waals surface area contributed by atoms with Crippen LogP contribution in [0.25, 0.3) is 0 Å². The molecule has 10 heteroatoms. The molecule has 2 aromatic carbocycles. The predicted molar refractivity (Wildman–Crippen MR) is 188 cm³/mol. The van der Waals surface area contributed by atoms with Gasteiger partial charge in [0.25, 0.3) is 0 Å². The maximum absolute atomic E-state index is 14.0. The normalized spacial score (nSPS) is 21.3. The van der Waals surface area contributed by atoms with Crippen LogP contribution in [-0.4, -0.2) is 72.2 Å². The Balaban J connectivity index is 1.46. The fraction of sp³-hybridized carbons (Fsp3) is 0.579. The molecule has 3 amide bonds. The van der Waals surface area contributed by atoms with Gasteiger partial charge in [-0.25, -0.2) is 0 Å². The monoisotopic (exact) mass is 660 g/mol. The molecular weight excluding hydrogens is 604 g/mol. The lowest BCUT2D eigenvalue weighted by atomic mass is 9.88. The molecule has 4 rings (SSSR count). The number of benzene rings is 2. The average Bonchev–Trinajstić information content (AvgIpc) is 3.61. The smallest absolute Gasteiger partial charge is 0.245 e. The van der Waals surface area contributed by atoms with Crippen LogP contribution in [0.4, 0.5) is 0 Å². The number of fused-ring (bicyclic) bond motifs is 1. The highest BCUT2D eigenvalue weighted by molar-refractivity contribution is 5.95. The predicted octanol–water partition coefficient (Wildman–Crippen LogP) is 2.71. The summed E-state index contributed by atoms with van der Waals surface area (Å²) in [5.74, 6) is -0.749. The Morgan fingerprint density at radius 3 is 1.94 bits per heavy atom. The Kier molecular flexibility index (Phi) is 14.1. The van der Waals surface area contributed by atoms with Crippen LogP contribution in [-0.2, 0) is 32.0 Å². The Labute approximate surface area is 285 Å². The lowest BCUT2D eigenvalue weighted by molar-refractivity contribution is -0.138. The summed E-state index contributed by atoms with van der Waals surface area (Å²) in [6, 6.07) is 16.8. The summed E-state index contributed by atoms with van der Waals surface area (Å²) in [4.78, 5) is 56.9. The van der Waals surface area contributed by atoms with E-state index in [1.54, 1.807) is 0 Å². The van der Waals surface area contributed by atoms with E-state index >= 15 is 0 Å². The molecule has 262 valence electrons. The van der Waals surface area contributed by atoms with Crippen molar-refractivity contribution in [2.75, 3.05) is 19.6 Å². The summed E-state index contributed by atoms with van der Waals surface area (Å²) >= 11 is 0. The molecule has 8 N–H and O–H groups in total. The number of hydrogen-bond donors (Lipinski definition) is 5. The van der Waals surface area contributed by atoms with Crippen LogP contribution in [0.2, 0.25) is 0 Å². The first-order chi connectivity index (χ1) is 23.0. The van der Waals surface area contributed by atoms with Crippen molar-refractivity contribution in [1.82, 2.24) is 15.5 Å². The molecule has 1 saturated heterocycles. The maximum Gasteiger partial charge on any atom is 0.245 e. The number of unbranched alkanes of at least 4 members (excludes halogenated alkanes) is 1. The van der Waals surface area contributed by atoms with Gasteiger partial charge in [0.15, 0.2) is 5.78 Å². The number of likely N-dealkylation sites (tertiary alicyclic amines) is 1. The summed E-state index contributed by atoms with van der Waals surface area (Å²) in [7, 11) is 0. The second-order valence-corrected chi connectivity index (χ2v) is 14.4. The number of carbonyl (C=O) groups is 4. The molecule has 0 aromatic heterocycles. The largest absolute Gasteiger partial charge is 0.345 e. The average molecular weight is 661 g/mol. The topological polar surface area (TPSA) is 174 Å². The number of carbonyl (C=O) groups excluding carboxylic acids is 4. The summed E-state index contributed by atoms with van der Waals surface area (Å²) in [6.07, 6.45) is 4.81. The first-order valence-electron chi connectivity index (χ1n) is 17.7. The second-order valence-electron chi connectivity index (χ2n) is 14.4. The number of Topliss-reactive ketones (excluding diaryl/α,β-unsaturated/α-hetero) is 1. The standard InChI is InChI=1S/C38H56N6O4/c1-25(2)17-28(36(46)42-33(15-9-10-16-39)38(48)44-23-29-20-31(40)21-30(29)24-44)22-35(45)34(19-27-13-7-4-8-14-27)43-37(47)32(41)18-26-11-5-3-6-12-26/h3-8,11-14,25,28-34H,9-10,15-24,39-41H2,1-2H3,(H,42,46)(H,43,47). The van der Waals surface area contributed by atoms with Gasteiger partial charge >= 0.3 is 0 Å². The number of nitrogens with two attached hydrogens (primary N) is 3. The van der Waals surface area contributed by atoms with Crippen LogP contribution < -0.4 is 27.8 Å². The van der Waals surface area contributed by atoms with Gasteiger partial charge in [-0.05, 0) is 86.8 Å². The first-order valence-corrected chi connectivity index (χ1v) is 17.7. The van der Waals surface area contributed by atoms with E-state index in [9.17, 15) is 19.2 Å². The minimum absolute atomic E-state index is 0.0643. The van der Waals surface area contributed by atoms with Gasteiger partial charge in [0.2, 0.25) is 17.7 Å². The minimum atomic E-state index is -0.860. The molecule has 2 aliphatic rings. The third kappa shape index (κ3) is 11.0. The van der Waals surface area contributed by atoms with E-state index in [4.69, 9.17) is 17.2 Å². The van der Waals surface area contributed by atoms with Crippen molar-refractivity contribution in [2.45, 2.75) is 95.8 Å². The molecular formula is C38H56N6O4. The van der Waals surface area contributed by atoms with E-state index in [2.05, 4.69) is 10.6 Å². The third-order valence-electron chi connectivity index (χ3n) is 9.86. The van der Waals surface area contributed by atoms with Gasteiger partial charge in [-0.1, -0.05) is 74.5 Å². The highest BCUT2D eigenvalue weighted by Gasteiger charge is 2.43. The fourth-order valence-corrected chi connectivity index (χ4v) is 7.36. The fourth-order valence-electron chi connectivity index (χ4n) is 7.36. The van der Waals surface area contributed by atoms with E-state index in [1.165, 1.54) is 0 Å². The zero-order valence-corrected chi connectivity index (χ0v) is 28.7. The molecule has 2 aromatic rings. The molecule has 0 spiro atoms. The molecule has 10 nitrogen and oxygen atoms in total. The highest BCUT2D eigenvalue weighted by atomic mass is 16.2. The molecule has 48 heavy (non-hydrogen) atoms. The van der Waals surface area contributed by atoms with Gasteiger partial charge < -0.3 is 32.7 Å². The summed E-state index contributed by atoms with van der Waals surface area (Å²) < 4.78 is 0. The van der Waals surface area contributed by atoms with Crippen LogP contribution in [0.5, 0.6) is 0 Å². The number of rotatable bonds is 18. The van der Waals surface area contributed by atoms with Crippen molar-refractivity contribution in [2.24, 2.45) is 40.9 Å². The molecule has 6 unspecified atom stereocenters. The lowest BCUT2D eigenvalue weighted by Crippen LogP contribution is -2.52. The second kappa shape index (κ2) is 18.2. The molecule has 1 aliphatic heterocycles. The summed E-state index contributed by atoms with van der Waals surface area (Å²) in [5, 5.41) is 5.97. The minimum Gasteiger partial charge on any atom is -0.345 e. The Morgan fingerprint density at radius 2 is 1.38 bits per heavy atom. The van der Waals surface area contributed by atoms with Crippen LogP contribution >= 0.6 is 0 Å². The number of hydrogen-bond acceptors (Lipinski definition) is 7. The van der Waals surface area contributed by atoms with E-state index in [1.807, 2.05) is 79.4 Å². The van der Waals surface area contributed by atoms with E-state index in [0.717, 1.165) is 30.4 Å². The molecule has 0 radical (unpaired) electrons. The van der Waals surface area contributed by atoms with E-state index in [0.29, 0.717) is 57.2 Å². The van der Waals surface area contributed by atoms with Gasteiger partial charge in [0.05, 0.1) is 12.1 Å². The Morgan fingerprint density at radius 1 is 0.812 bits per heavy atom. The Hall–Kier alpha value is -3.60. The number of nitrogens with one attached hydrogen (secondary N) is 2. The summed E-state index contributed by atoms with van der Waals surface area (Å²) in [5.41, 5.74) is 20.0. The van der Waals surface area contributed by atoms with Crippen molar-refractivity contribution < 1.29 is 19.2 Å². The number of amides is 3. The lowest BCUT2D eigenvalue weighted by Gasteiger charge is -2.28. The van der Waals surface area contributed by atoms with Crippen molar-refractivity contribution in [3.8, 4) is 0 Å². The SMILES string of the molecule is CC(C)CC(CC(=O)C(Cc1ccccc1)NC(=O)C(N)Cc1ccccc1)C(=O)NC(CCCCN)C(=O)N1CC2CC(N)CC2C1. The third-order valence-corrected chi connectivity index (χ3v) is 9.86. The zero-order chi connectivity index (χ0) is 34.6. The quantitative estimate of drug-likeness (QED) is 0.153.